The molecule has 0 saturated carbocycles. The standard InChI is InChI=1S/C25H21ClN2O6S2/c1-28(36(31,32)17-9-10-21(33-2)19(26)14-17)16-8-11-22-15(12-16)13-23(35-22)24(29)27-20-7-5-4-6-18(20)25(30)34-3/h4-14H,1-3H3,(H,27,29). The fourth-order valence-corrected chi connectivity index (χ4v) is 5.98. The predicted molar refractivity (Wildman–Crippen MR) is 141 cm³/mol. The number of sulfonamides is 1. The smallest absolute Gasteiger partial charge is 0.339 e. The molecule has 0 saturated heterocycles. The summed E-state index contributed by atoms with van der Waals surface area (Å²) in [5.41, 5.74) is 0.980. The van der Waals surface area contributed by atoms with Gasteiger partial charge >= 0.3 is 5.97 Å². The average Bonchev–Trinajstić information content (AvgIpc) is 3.31. The molecule has 0 spiro atoms. The minimum Gasteiger partial charge on any atom is -0.495 e. The van der Waals surface area contributed by atoms with E-state index in [-0.39, 0.29) is 15.5 Å². The molecule has 0 aliphatic carbocycles. The number of para-hydroxylation sites is 1. The molecule has 0 aliphatic heterocycles. The maximum absolute atomic E-state index is 13.2. The van der Waals surface area contributed by atoms with E-state index >= 15 is 0 Å². The lowest BCUT2D eigenvalue weighted by Crippen LogP contribution is -2.26. The number of nitrogens with zero attached hydrogens (tertiary/aromatic N) is 1. The van der Waals surface area contributed by atoms with E-state index < -0.39 is 21.9 Å². The van der Waals surface area contributed by atoms with Gasteiger partial charge < -0.3 is 14.8 Å². The molecular weight excluding hydrogens is 524 g/mol. The Morgan fingerprint density at radius 1 is 1.00 bits per heavy atom. The van der Waals surface area contributed by atoms with Crippen molar-refractivity contribution in [2.24, 2.45) is 0 Å². The van der Waals surface area contributed by atoms with Crippen molar-refractivity contribution in [3.8, 4) is 5.75 Å². The Labute approximate surface area is 217 Å². The van der Waals surface area contributed by atoms with Crippen molar-refractivity contribution < 1.29 is 27.5 Å². The third-order valence-electron chi connectivity index (χ3n) is 5.45. The van der Waals surface area contributed by atoms with Crippen LogP contribution in [0, 0.1) is 0 Å². The minimum atomic E-state index is -3.90. The minimum absolute atomic E-state index is 0.0190. The number of thiophene rings is 1. The second-order valence-corrected chi connectivity index (χ2v) is 11.1. The van der Waals surface area contributed by atoms with Gasteiger partial charge in [0.1, 0.15) is 5.75 Å². The van der Waals surface area contributed by atoms with Gasteiger partial charge in [0.2, 0.25) is 0 Å². The summed E-state index contributed by atoms with van der Waals surface area (Å²) in [6.07, 6.45) is 0. The first-order valence-corrected chi connectivity index (χ1v) is 13.1. The highest BCUT2D eigenvalue weighted by atomic mass is 35.5. The number of fused-ring (bicyclic) bond motifs is 1. The highest BCUT2D eigenvalue weighted by molar-refractivity contribution is 7.92. The second-order valence-electron chi connectivity index (χ2n) is 7.59. The highest BCUT2D eigenvalue weighted by Crippen LogP contribution is 2.33. The summed E-state index contributed by atoms with van der Waals surface area (Å²) in [5, 5.41) is 3.62. The molecule has 8 nitrogen and oxygen atoms in total. The fourth-order valence-electron chi connectivity index (χ4n) is 3.51. The average molecular weight is 545 g/mol. The van der Waals surface area contributed by atoms with E-state index in [1.54, 1.807) is 48.5 Å². The molecule has 0 bridgehead atoms. The lowest BCUT2D eigenvalue weighted by molar-refractivity contribution is 0.0602. The molecule has 11 heteroatoms. The van der Waals surface area contributed by atoms with Crippen LogP contribution in [0.5, 0.6) is 5.75 Å². The van der Waals surface area contributed by atoms with E-state index in [4.69, 9.17) is 21.1 Å². The molecule has 0 fully saturated rings. The molecule has 4 rings (SSSR count). The first-order chi connectivity index (χ1) is 17.1. The summed E-state index contributed by atoms with van der Waals surface area (Å²) in [6.45, 7) is 0. The number of methoxy groups -OCH3 is 2. The van der Waals surface area contributed by atoms with Crippen LogP contribution in [-0.4, -0.2) is 41.6 Å². The van der Waals surface area contributed by atoms with Gasteiger partial charge in [0.25, 0.3) is 15.9 Å². The molecule has 0 atom stereocenters. The Hall–Kier alpha value is -3.60. The monoisotopic (exact) mass is 544 g/mol. The third kappa shape index (κ3) is 4.88. The lowest BCUT2D eigenvalue weighted by atomic mass is 10.1. The van der Waals surface area contributed by atoms with Crippen LogP contribution in [0.3, 0.4) is 0 Å². The Morgan fingerprint density at radius 3 is 2.44 bits per heavy atom. The van der Waals surface area contributed by atoms with Crippen LogP contribution >= 0.6 is 22.9 Å². The summed E-state index contributed by atoms with van der Waals surface area (Å²) in [6, 6.07) is 17.6. The van der Waals surface area contributed by atoms with Crippen molar-refractivity contribution in [1.82, 2.24) is 0 Å². The SMILES string of the molecule is COC(=O)c1ccccc1NC(=O)c1cc2cc(N(C)S(=O)(=O)c3ccc(OC)c(Cl)c3)ccc2s1. The number of amides is 1. The van der Waals surface area contributed by atoms with Crippen molar-refractivity contribution >= 4 is 66.3 Å². The van der Waals surface area contributed by atoms with Crippen molar-refractivity contribution in [2.75, 3.05) is 30.9 Å². The van der Waals surface area contributed by atoms with Crippen LogP contribution < -0.4 is 14.4 Å². The largest absolute Gasteiger partial charge is 0.495 e. The summed E-state index contributed by atoms with van der Waals surface area (Å²) in [7, 11) is 0.260. The molecule has 1 N–H and O–H groups in total. The van der Waals surface area contributed by atoms with Crippen LogP contribution in [0.15, 0.2) is 71.6 Å². The molecule has 0 aliphatic rings. The zero-order valence-electron chi connectivity index (χ0n) is 19.4. The molecule has 0 unspecified atom stereocenters. The molecule has 36 heavy (non-hydrogen) atoms. The first-order valence-electron chi connectivity index (χ1n) is 10.5. The summed E-state index contributed by atoms with van der Waals surface area (Å²) < 4.78 is 38.2. The number of rotatable bonds is 7. The number of anilines is 2. The zero-order chi connectivity index (χ0) is 26.0. The molecule has 0 radical (unpaired) electrons. The van der Waals surface area contributed by atoms with Gasteiger partial charge in [-0.05, 0) is 60.0 Å². The Morgan fingerprint density at radius 2 is 1.75 bits per heavy atom. The zero-order valence-corrected chi connectivity index (χ0v) is 21.8. The number of carbonyl (C=O) groups excluding carboxylic acids is 2. The quantitative estimate of drug-likeness (QED) is 0.311. The lowest BCUT2D eigenvalue weighted by Gasteiger charge is -2.20. The van der Waals surface area contributed by atoms with Gasteiger partial charge in [-0.1, -0.05) is 23.7 Å². The van der Waals surface area contributed by atoms with Crippen molar-refractivity contribution in [3.05, 3.63) is 82.2 Å². The topological polar surface area (TPSA) is 102 Å². The third-order valence-corrected chi connectivity index (χ3v) is 8.64. The maximum atomic E-state index is 13.2. The van der Waals surface area contributed by atoms with Gasteiger partial charge in [-0.15, -0.1) is 11.3 Å². The number of benzene rings is 3. The number of hydrogen-bond donors (Lipinski definition) is 1. The predicted octanol–water partition coefficient (Wildman–Crippen LogP) is 5.43. The van der Waals surface area contributed by atoms with Gasteiger partial charge in [0.15, 0.2) is 0 Å². The van der Waals surface area contributed by atoms with E-state index in [1.807, 2.05) is 0 Å². The Kier molecular flexibility index (Phi) is 7.21. The van der Waals surface area contributed by atoms with Crippen LogP contribution in [-0.2, 0) is 14.8 Å². The molecule has 1 heterocycles. The molecule has 4 aromatic rings. The molecule has 1 aromatic heterocycles. The van der Waals surface area contributed by atoms with E-state index in [0.717, 1.165) is 9.01 Å². The normalized spacial score (nSPS) is 11.2. The first kappa shape index (κ1) is 25.5. The number of carbonyl (C=O) groups is 2. The van der Waals surface area contributed by atoms with Gasteiger partial charge in [0.05, 0.1) is 46.0 Å². The number of esters is 1. The molecule has 1 amide bonds. The molecule has 186 valence electrons. The summed E-state index contributed by atoms with van der Waals surface area (Å²) in [5.74, 6) is -0.588. The van der Waals surface area contributed by atoms with Gasteiger partial charge in [-0.2, -0.15) is 0 Å². The van der Waals surface area contributed by atoms with Gasteiger partial charge in [-0.3, -0.25) is 9.10 Å². The number of halogens is 1. The highest BCUT2D eigenvalue weighted by Gasteiger charge is 2.23. The number of hydrogen-bond acceptors (Lipinski definition) is 7. The molecular formula is C25H21ClN2O6S2. The van der Waals surface area contributed by atoms with E-state index in [1.165, 1.54) is 50.8 Å². The van der Waals surface area contributed by atoms with Crippen molar-refractivity contribution in [1.29, 1.82) is 0 Å². The maximum Gasteiger partial charge on any atom is 0.339 e. The van der Waals surface area contributed by atoms with Crippen LogP contribution in [0.1, 0.15) is 20.0 Å². The summed E-state index contributed by atoms with van der Waals surface area (Å²) in [4.78, 5) is 25.3. The van der Waals surface area contributed by atoms with E-state index in [2.05, 4.69) is 5.32 Å². The Balaban J connectivity index is 1.61. The van der Waals surface area contributed by atoms with Gasteiger partial charge in [0, 0.05) is 11.7 Å². The van der Waals surface area contributed by atoms with Crippen LogP contribution in [0.2, 0.25) is 5.02 Å². The van der Waals surface area contributed by atoms with Crippen molar-refractivity contribution in [3.63, 3.8) is 0 Å². The van der Waals surface area contributed by atoms with Gasteiger partial charge in [-0.25, -0.2) is 13.2 Å². The molecule has 3 aromatic carbocycles. The number of ether oxygens (including phenoxy) is 2. The fraction of sp³-hybridized carbons (Fsp3) is 0.120. The van der Waals surface area contributed by atoms with E-state index in [9.17, 15) is 18.0 Å². The van der Waals surface area contributed by atoms with Crippen molar-refractivity contribution in [2.45, 2.75) is 4.90 Å². The second kappa shape index (κ2) is 10.2. The van der Waals surface area contributed by atoms with Crippen LogP contribution in [0.25, 0.3) is 10.1 Å². The summed E-state index contributed by atoms with van der Waals surface area (Å²) >= 11 is 7.37. The van der Waals surface area contributed by atoms with Crippen LogP contribution in [0.4, 0.5) is 11.4 Å². The Bertz CT molecular complexity index is 1580. The number of nitrogens with one attached hydrogen (secondary N) is 1. The van der Waals surface area contributed by atoms with E-state index in [0.29, 0.717) is 27.4 Å².